The molecular formula is C16H8ClF5N4O3. The molecule has 2 aromatic heterocycles. The summed E-state index contributed by atoms with van der Waals surface area (Å²) in [6.07, 6.45) is -5.10. The second kappa shape index (κ2) is 7.20. The van der Waals surface area contributed by atoms with Gasteiger partial charge < -0.3 is 10.6 Å². The van der Waals surface area contributed by atoms with E-state index >= 15 is 0 Å². The molecular weight excluding hydrogens is 427 g/mol. The van der Waals surface area contributed by atoms with Crippen LogP contribution in [-0.2, 0) is 6.18 Å². The van der Waals surface area contributed by atoms with Gasteiger partial charge in [-0.3, -0.25) is 4.79 Å². The van der Waals surface area contributed by atoms with Crippen LogP contribution in [0, 0.1) is 11.8 Å². The molecule has 0 amide bonds. The molecule has 13 heteroatoms. The van der Waals surface area contributed by atoms with Gasteiger partial charge >= 0.3 is 11.9 Å². The SMILES string of the molecule is Nn1c(C(F)(F)F)cc(=O)n(-c2cc(Oc3cccc(F)n3)c(Cl)cc2F)c1=O. The fourth-order valence-electron chi connectivity index (χ4n) is 2.32. The molecule has 3 rings (SSSR count). The van der Waals surface area contributed by atoms with Crippen molar-refractivity contribution in [2.24, 2.45) is 0 Å². The third kappa shape index (κ3) is 3.92. The van der Waals surface area contributed by atoms with Gasteiger partial charge in [-0.1, -0.05) is 17.7 Å². The Morgan fingerprint density at radius 1 is 1.10 bits per heavy atom. The van der Waals surface area contributed by atoms with Crippen molar-refractivity contribution in [2.45, 2.75) is 6.18 Å². The first-order valence-corrected chi connectivity index (χ1v) is 7.88. The monoisotopic (exact) mass is 434 g/mol. The molecule has 1 aromatic carbocycles. The van der Waals surface area contributed by atoms with Crippen molar-refractivity contribution in [3.63, 3.8) is 0 Å². The molecule has 0 radical (unpaired) electrons. The van der Waals surface area contributed by atoms with Gasteiger partial charge in [0.2, 0.25) is 11.8 Å². The highest BCUT2D eigenvalue weighted by molar-refractivity contribution is 6.32. The van der Waals surface area contributed by atoms with Crippen LogP contribution in [0.25, 0.3) is 5.69 Å². The third-order valence-corrected chi connectivity index (χ3v) is 3.87. The maximum absolute atomic E-state index is 14.4. The zero-order chi connectivity index (χ0) is 21.5. The molecule has 7 nitrogen and oxygen atoms in total. The van der Waals surface area contributed by atoms with E-state index in [-0.39, 0.29) is 32.0 Å². The molecule has 0 aliphatic heterocycles. The minimum Gasteiger partial charge on any atom is -0.437 e. The average Bonchev–Trinajstić information content (AvgIpc) is 2.61. The lowest BCUT2D eigenvalue weighted by atomic mass is 10.2. The Hall–Kier alpha value is -3.41. The largest absolute Gasteiger partial charge is 0.437 e. The van der Waals surface area contributed by atoms with Crippen molar-refractivity contribution >= 4 is 11.6 Å². The smallest absolute Gasteiger partial charge is 0.433 e. The topological polar surface area (TPSA) is 92.1 Å². The summed E-state index contributed by atoms with van der Waals surface area (Å²) in [7, 11) is 0. The number of ether oxygens (including phenoxy) is 1. The first kappa shape index (κ1) is 20.3. The van der Waals surface area contributed by atoms with Crippen molar-refractivity contribution in [1.29, 1.82) is 0 Å². The van der Waals surface area contributed by atoms with E-state index in [0.29, 0.717) is 6.07 Å². The van der Waals surface area contributed by atoms with Crippen LogP contribution < -0.4 is 21.8 Å². The highest BCUT2D eigenvalue weighted by Gasteiger charge is 2.36. The molecule has 3 aromatic rings. The van der Waals surface area contributed by atoms with Gasteiger partial charge in [0.25, 0.3) is 5.56 Å². The quantitative estimate of drug-likeness (QED) is 0.389. The zero-order valence-corrected chi connectivity index (χ0v) is 14.6. The van der Waals surface area contributed by atoms with E-state index in [9.17, 15) is 31.5 Å². The Bertz CT molecular complexity index is 1220. The molecule has 152 valence electrons. The Balaban J connectivity index is 2.19. The Kier molecular flexibility index (Phi) is 5.05. The number of hydrogen-bond donors (Lipinski definition) is 1. The number of rotatable bonds is 3. The molecule has 2 heterocycles. The predicted molar refractivity (Wildman–Crippen MR) is 90.7 cm³/mol. The molecule has 0 aliphatic rings. The number of aromatic nitrogens is 3. The maximum Gasteiger partial charge on any atom is 0.433 e. The summed E-state index contributed by atoms with van der Waals surface area (Å²) in [6, 6.07) is 4.96. The highest BCUT2D eigenvalue weighted by atomic mass is 35.5. The average molecular weight is 435 g/mol. The lowest BCUT2D eigenvalue weighted by Gasteiger charge is -2.15. The van der Waals surface area contributed by atoms with Gasteiger partial charge in [0.1, 0.15) is 11.6 Å². The molecule has 2 N–H and O–H groups in total. The summed E-state index contributed by atoms with van der Waals surface area (Å²) >= 11 is 5.84. The van der Waals surface area contributed by atoms with E-state index in [2.05, 4.69) is 4.98 Å². The van der Waals surface area contributed by atoms with Crippen molar-refractivity contribution in [3.05, 3.63) is 79.7 Å². The van der Waals surface area contributed by atoms with Gasteiger partial charge in [-0.15, -0.1) is 0 Å². The van der Waals surface area contributed by atoms with Gasteiger partial charge in [0.15, 0.2) is 5.69 Å². The summed E-state index contributed by atoms with van der Waals surface area (Å²) in [4.78, 5) is 27.7. The van der Waals surface area contributed by atoms with Crippen molar-refractivity contribution < 1.29 is 26.7 Å². The number of pyridine rings is 1. The number of nitrogens with zero attached hydrogens (tertiary/aromatic N) is 3. The second-order valence-corrected chi connectivity index (χ2v) is 5.90. The van der Waals surface area contributed by atoms with Crippen molar-refractivity contribution in [3.8, 4) is 17.3 Å². The van der Waals surface area contributed by atoms with E-state index < -0.39 is 40.6 Å². The summed E-state index contributed by atoms with van der Waals surface area (Å²) in [6.45, 7) is 0. The number of nitrogens with two attached hydrogens (primary N) is 1. The normalized spacial score (nSPS) is 11.5. The lowest BCUT2D eigenvalue weighted by Crippen LogP contribution is -2.45. The van der Waals surface area contributed by atoms with Crippen LogP contribution in [0.5, 0.6) is 11.6 Å². The fourth-order valence-corrected chi connectivity index (χ4v) is 2.51. The molecule has 0 saturated carbocycles. The second-order valence-electron chi connectivity index (χ2n) is 5.49. The Morgan fingerprint density at radius 2 is 1.79 bits per heavy atom. The van der Waals surface area contributed by atoms with Crippen LogP contribution in [0.3, 0.4) is 0 Å². The van der Waals surface area contributed by atoms with E-state index in [1.807, 2.05) is 0 Å². The molecule has 0 bridgehead atoms. The predicted octanol–water partition coefficient (Wildman–Crippen LogP) is 2.85. The van der Waals surface area contributed by atoms with Crippen LogP contribution in [-0.4, -0.2) is 14.2 Å². The van der Waals surface area contributed by atoms with Gasteiger partial charge in [-0.05, 0) is 12.1 Å². The van der Waals surface area contributed by atoms with Crippen molar-refractivity contribution in [2.75, 3.05) is 5.84 Å². The van der Waals surface area contributed by atoms with Gasteiger partial charge in [0.05, 0.1) is 10.7 Å². The number of alkyl halides is 3. The van der Waals surface area contributed by atoms with E-state index in [4.69, 9.17) is 22.2 Å². The van der Waals surface area contributed by atoms with E-state index in [0.717, 1.165) is 12.1 Å². The number of benzene rings is 1. The summed E-state index contributed by atoms with van der Waals surface area (Å²) in [5.74, 6) is 2.36. The molecule has 0 fully saturated rings. The molecule has 0 spiro atoms. The maximum atomic E-state index is 14.4. The van der Waals surface area contributed by atoms with Crippen LogP contribution in [0.15, 0.2) is 46.0 Å². The minimum atomic E-state index is -5.10. The minimum absolute atomic E-state index is 0.0319. The summed E-state index contributed by atoms with van der Waals surface area (Å²) in [5, 5.41) is -0.342. The number of halogens is 6. The van der Waals surface area contributed by atoms with Crippen LogP contribution >= 0.6 is 11.6 Å². The van der Waals surface area contributed by atoms with Gasteiger partial charge in [0, 0.05) is 18.2 Å². The molecule has 0 atom stereocenters. The first-order chi connectivity index (χ1) is 13.5. The summed E-state index contributed by atoms with van der Waals surface area (Å²) in [5.41, 5.74) is -5.68. The molecule has 0 saturated heterocycles. The van der Waals surface area contributed by atoms with Gasteiger partial charge in [-0.25, -0.2) is 18.4 Å². The molecule has 0 aliphatic carbocycles. The van der Waals surface area contributed by atoms with E-state index in [1.165, 1.54) is 12.1 Å². The standard InChI is InChI=1S/C16H8ClF5N4O3/c17-7-4-8(18)9(5-10(7)29-13-3-1-2-12(19)24-13)25-14(27)6-11(16(20,21)22)26(23)15(25)28/h1-6H,23H2. The summed E-state index contributed by atoms with van der Waals surface area (Å²) < 4.78 is 71.1. The highest BCUT2D eigenvalue weighted by Crippen LogP contribution is 2.32. The van der Waals surface area contributed by atoms with Gasteiger partial charge in [-0.2, -0.15) is 22.5 Å². The van der Waals surface area contributed by atoms with Crippen LogP contribution in [0.1, 0.15) is 5.69 Å². The first-order valence-electron chi connectivity index (χ1n) is 7.50. The zero-order valence-electron chi connectivity index (χ0n) is 13.9. The Morgan fingerprint density at radius 3 is 2.41 bits per heavy atom. The fraction of sp³-hybridized carbons (Fsp3) is 0.0625. The van der Waals surface area contributed by atoms with Crippen LogP contribution in [0.4, 0.5) is 22.0 Å². The van der Waals surface area contributed by atoms with E-state index in [1.54, 1.807) is 0 Å². The van der Waals surface area contributed by atoms with Crippen molar-refractivity contribution in [1.82, 2.24) is 14.2 Å². The number of nitrogen functional groups attached to an aromatic ring is 1. The molecule has 0 unspecified atom stereocenters. The third-order valence-electron chi connectivity index (χ3n) is 3.57. The lowest BCUT2D eigenvalue weighted by molar-refractivity contribution is -0.143. The van der Waals surface area contributed by atoms with Crippen LogP contribution in [0.2, 0.25) is 5.02 Å². The Labute approximate surface area is 162 Å². The number of hydrogen-bond acceptors (Lipinski definition) is 5. The molecule has 29 heavy (non-hydrogen) atoms.